The molecule has 282 valence electrons. The van der Waals surface area contributed by atoms with Gasteiger partial charge < -0.3 is 73.6 Å². The summed E-state index contributed by atoms with van der Waals surface area (Å²) >= 11 is 0. The van der Waals surface area contributed by atoms with Gasteiger partial charge in [0.25, 0.3) is 0 Å². The number of aliphatic hydroxyl groups excluding tert-OH is 7. The standard InChI is InChI=1S/C35H52O15/c1-18(12-20-6-8-22(43-3)24(14-20)44-4)19(2)13-21-7-9-23(25(15-21)45-5)46-10-11-47-34-32(42)30(40)33(27(17-37)49-34)50-35-31(41)29(39)28(38)26(16-36)48-35/h6-9,14-15,18-19,26-42H,10-13,16-17H2,1-5H3/t18-,19+,26+,27+,28+,29-,30+,31+,32+,33+,34+,35?/m0/s1. The fourth-order valence-corrected chi connectivity index (χ4v) is 6.12. The van der Waals surface area contributed by atoms with Gasteiger partial charge in [0, 0.05) is 0 Å². The van der Waals surface area contributed by atoms with E-state index in [1.54, 1.807) is 21.3 Å². The van der Waals surface area contributed by atoms with Crippen LogP contribution in [0, 0.1) is 11.8 Å². The van der Waals surface area contributed by atoms with Gasteiger partial charge in [-0.15, -0.1) is 0 Å². The maximum Gasteiger partial charge on any atom is 0.187 e. The molecule has 2 aromatic rings. The Morgan fingerprint density at radius 3 is 1.68 bits per heavy atom. The molecule has 2 aromatic carbocycles. The van der Waals surface area contributed by atoms with Crippen LogP contribution in [0.5, 0.6) is 23.0 Å². The third-order valence-corrected chi connectivity index (χ3v) is 9.35. The van der Waals surface area contributed by atoms with Crippen molar-refractivity contribution in [3.63, 3.8) is 0 Å². The first-order valence-corrected chi connectivity index (χ1v) is 16.7. The largest absolute Gasteiger partial charge is 0.493 e. The van der Waals surface area contributed by atoms with Crippen LogP contribution in [0.2, 0.25) is 0 Å². The average molecular weight is 713 g/mol. The molecular formula is C35H52O15. The number of benzene rings is 2. The van der Waals surface area contributed by atoms with E-state index < -0.39 is 74.6 Å². The summed E-state index contributed by atoms with van der Waals surface area (Å²) < 4.78 is 44.4. The molecule has 7 N–H and O–H groups in total. The van der Waals surface area contributed by atoms with Crippen molar-refractivity contribution in [3.8, 4) is 23.0 Å². The topological polar surface area (TPSA) is 215 Å². The van der Waals surface area contributed by atoms with Crippen molar-refractivity contribution in [2.45, 2.75) is 88.1 Å². The third-order valence-electron chi connectivity index (χ3n) is 9.35. The lowest BCUT2D eigenvalue weighted by Gasteiger charge is -2.45. The fraction of sp³-hybridized carbons (Fsp3) is 0.657. The smallest absolute Gasteiger partial charge is 0.187 e. The van der Waals surface area contributed by atoms with Gasteiger partial charge in [0.15, 0.2) is 35.6 Å². The molecule has 0 spiro atoms. The van der Waals surface area contributed by atoms with E-state index in [2.05, 4.69) is 19.9 Å². The number of hydrogen-bond donors (Lipinski definition) is 7. The molecule has 15 heteroatoms. The summed E-state index contributed by atoms with van der Waals surface area (Å²) in [6.07, 6.45) is -13.6. The molecule has 15 nitrogen and oxygen atoms in total. The predicted molar refractivity (Wildman–Crippen MR) is 176 cm³/mol. The predicted octanol–water partition coefficient (Wildman–Crippen LogP) is -0.211. The number of aliphatic hydroxyl groups is 7. The second kappa shape index (κ2) is 18.6. The lowest BCUT2D eigenvalue weighted by molar-refractivity contribution is -0.359. The van der Waals surface area contributed by atoms with Gasteiger partial charge in [0.2, 0.25) is 0 Å². The Morgan fingerprint density at radius 2 is 1.12 bits per heavy atom. The van der Waals surface area contributed by atoms with Crippen LogP contribution in [0.1, 0.15) is 25.0 Å². The minimum atomic E-state index is -1.75. The number of hydrogen-bond acceptors (Lipinski definition) is 15. The highest BCUT2D eigenvalue weighted by atomic mass is 16.7. The van der Waals surface area contributed by atoms with Crippen LogP contribution in [0.4, 0.5) is 0 Å². The molecule has 2 saturated heterocycles. The fourth-order valence-electron chi connectivity index (χ4n) is 6.12. The summed E-state index contributed by atoms with van der Waals surface area (Å²) in [5.41, 5.74) is 2.25. The Kier molecular flexibility index (Phi) is 14.9. The third kappa shape index (κ3) is 9.54. The molecule has 0 radical (unpaired) electrons. The molecule has 2 aliphatic heterocycles. The number of methoxy groups -OCH3 is 3. The highest BCUT2D eigenvalue weighted by Crippen LogP contribution is 2.33. The van der Waals surface area contributed by atoms with Crippen molar-refractivity contribution in [1.82, 2.24) is 0 Å². The van der Waals surface area contributed by atoms with Crippen LogP contribution in [0.15, 0.2) is 36.4 Å². The van der Waals surface area contributed by atoms with Crippen molar-refractivity contribution in [2.75, 3.05) is 47.8 Å². The Labute approximate surface area is 291 Å². The molecule has 0 bridgehead atoms. The van der Waals surface area contributed by atoms with Gasteiger partial charge in [-0.05, 0) is 60.1 Å². The first-order valence-electron chi connectivity index (χ1n) is 16.7. The van der Waals surface area contributed by atoms with Crippen LogP contribution < -0.4 is 18.9 Å². The summed E-state index contributed by atoms with van der Waals surface area (Å²) in [4.78, 5) is 0. The lowest BCUT2D eigenvalue weighted by Crippen LogP contribution is -2.64. The summed E-state index contributed by atoms with van der Waals surface area (Å²) in [5, 5.41) is 71.2. The Bertz CT molecular complexity index is 1330. The van der Waals surface area contributed by atoms with E-state index in [0.29, 0.717) is 34.8 Å². The average Bonchev–Trinajstić information content (AvgIpc) is 3.12. The van der Waals surface area contributed by atoms with Crippen LogP contribution in [-0.2, 0) is 31.8 Å². The molecule has 2 heterocycles. The lowest BCUT2D eigenvalue weighted by atomic mass is 9.85. The quantitative estimate of drug-likeness (QED) is 0.106. The van der Waals surface area contributed by atoms with Crippen LogP contribution in [-0.4, -0.2) is 145 Å². The monoisotopic (exact) mass is 712 g/mol. The van der Waals surface area contributed by atoms with E-state index >= 15 is 0 Å². The Morgan fingerprint density at radius 1 is 0.600 bits per heavy atom. The normalized spacial score (nSPS) is 31.1. The molecule has 12 atom stereocenters. The highest BCUT2D eigenvalue weighted by molar-refractivity contribution is 5.44. The van der Waals surface area contributed by atoms with Crippen molar-refractivity contribution < 1.29 is 73.6 Å². The van der Waals surface area contributed by atoms with E-state index in [9.17, 15) is 35.7 Å². The van der Waals surface area contributed by atoms with Crippen LogP contribution in [0.25, 0.3) is 0 Å². The number of rotatable bonds is 17. The maximum atomic E-state index is 10.8. The second-order valence-corrected chi connectivity index (χ2v) is 12.8. The molecule has 4 rings (SSSR count). The van der Waals surface area contributed by atoms with Crippen molar-refractivity contribution in [2.24, 2.45) is 11.8 Å². The molecule has 0 amide bonds. The zero-order valence-electron chi connectivity index (χ0n) is 29.0. The number of ether oxygens (including phenoxy) is 8. The second-order valence-electron chi connectivity index (χ2n) is 12.8. The van der Waals surface area contributed by atoms with E-state index in [1.807, 2.05) is 30.3 Å². The van der Waals surface area contributed by atoms with Crippen LogP contribution in [0.3, 0.4) is 0 Å². The van der Waals surface area contributed by atoms with Gasteiger partial charge in [-0.25, -0.2) is 0 Å². The summed E-state index contributed by atoms with van der Waals surface area (Å²) in [6, 6.07) is 11.7. The van der Waals surface area contributed by atoms with E-state index in [0.717, 1.165) is 18.4 Å². The zero-order valence-corrected chi connectivity index (χ0v) is 29.0. The molecule has 2 aliphatic rings. The van der Waals surface area contributed by atoms with Gasteiger partial charge in [0.1, 0.15) is 55.4 Å². The van der Waals surface area contributed by atoms with E-state index in [-0.39, 0.29) is 13.2 Å². The minimum Gasteiger partial charge on any atom is -0.493 e. The molecular weight excluding hydrogens is 660 g/mol. The van der Waals surface area contributed by atoms with Gasteiger partial charge in [-0.2, -0.15) is 0 Å². The minimum absolute atomic E-state index is 0.0335. The molecule has 0 aliphatic carbocycles. The zero-order chi connectivity index (χ0) is 36.5. The van der Waals surface area contributed by atoms with E-state index in [4.69, 9.17) is 37.9 Å². The van der Waals surface area contributed by atoms with Crippen LogP contribution >= 0.6 is 0 Å². The van der Waals surface area contributed by atoms with E-state index in [1.165, 1.54) is 5.56 Å². The van der Waals surface area contributed by atoms with Gasteiger partial charge in [-0.1, -0.05) is 26.0 Å². The van der Waals surface area contributed by atoms with Gasteiger partial charge in [-0.3, -0.25) is 0 Å². The highest BCUT2D eigenvalue weighted by Gasteiger charge is 2.50. The van der Waals surface area contributed by atoms with Crippen molar-refractivity contribution >= 4 is 0 Å². The van der Waals surface area contributed by atoms with Crippen molar-refractivity contribution in [1.29, 1.82) is 0 Å². The summed E-state index contributed by atoms with van der Waals surface area (Å²) in [5.74, 6) is 3.16. The van der Waals surface area contributed by atoms with Gasteiger partial charge >= 0.3 is 0 Å². The molecule has 0 aromatic heterocycles. The summed E-state index contributed by atoms with van der Waals surface area (Å²) in [7, 11) is 4.79. The maximum absolute atomic E-state index is 10.8. The first-order chi connectivity index (χ1) is 23.9. The Balaban J connectivity index is 1.27. The molecule has 2 fully saturated rings. The SMILES string of the molecule is COc1ccc(C[C@H](C)[C@H](C)Cc2ccc(OCCO[C@@H]3O[C@H](CO)[C@@H](OC4O[C@H](CO)[C@@H](O)[C@H](O)[C@H]4O)[C@H](O)[C@H]3O)c(OC)c2)cc1OC. The summed E-state index contributed by atoms with van der Waals surface area (Å²) in [6.45, 7) is 3.04. The first kappa shape index (κ1) is 40.0. The Hall–Kier alpha value is -2.80. The molecule has 1 unspecified atom stereocenters. The van der Waals surface area contributed by atoms with Crippen molar-refractivity contribution in [3.05, 3.63) is 47.5 Å². The molecule has 50 heavy (non-hydrogen) atoms. The van der Waals surface area contributed by atoms with Gasteiger partial charge in [0.05, 0.1) is 41.2 Å². The molecule has 0 saturated carbocycles.